The number of hydrogen-bond acceptors (Lipinski definition) is 6. The second-order valence-corrected chi connectivity index (χ2v) is 9.66. The summed E-state index contributed by atoms with van der Waals surface area (Å²) in [6, 6.07) is 7.45. The van der Waals surface area contributed by atoms with E-state index in [0.717, 1.165) is 18.2 Å². The molecule has 13 heteroatoms. The minimum absolute atomic E-state index is 0.0159. The molecule has 0 heterocycles. The monoisotopic (exact) mass is 491 g/mol. The third-order valence-corrected chi connectivity index (χ3v) is 6.32. The summed E-state index contributed by atoms with van der Waals surface area (Å²) >= 11 is 11.8. The summed E-state index contributed by atoms with van der Waals surface area (Å²) in [6.45, 7) is 0. The van der Waals surface area contributed by atoms with Crippen molar-refractivity contribution in [1.82, 2.24) is 0 Å². The highest BCUT2D eigenvalue weighted by molar-refractivity contribution is 7.86. The molecule has 0 aliphatic heterocycles. The van der Waals surface area contributed by atoms with Crippen LogP contribution in [0.4, 0.5) is 5.69 Å². The van der Waals surface area contributed by atoms with E-state index in [9.17, 15) is 35.8 Å². The zero-order valence-corrected chi connectivity index (χ0v) is 17.6. The number of amides is 1. The van der Waals surface area contributed by atoms with Gasteiger partial charge in [-0.2, -0.15) is 16.8 Å². The Kier molecular flexibility index (Phi) is 5.71. The SMILES string of the molecule is O=C(Nc1ccc(S(=O)(=O)O)c2cc(S(=O)(=O)O)cc(O)c12)c1ccc(Cl)cc1Cl. The van der Waals surface area contributed by atoms with Gasteiger partial charge in [-0.25, -0.2) is 0 Å². The molecule has 0 aliphatic rings. The molecule has 0 unspecified atom stereocenters. The quantitative estimate of drug-likeness (QED) is 0.402. The van der Waals surface area contributed by atoms with E-state index in [1.54, 1.807) is 0 Å². The molecule has 0 aliphatic carbocycles. The first-order valence-electron chi connectivity index (χ1n) is 7.80. The van der Waals surface area contributed by atoms with Crippen LogP contribution in [0.1, 0.15) is 10.4 Å². The molecule has 3 aromatic rings. The summed E-state index contributed by atoms with van der Waals surface area (Å²) in [6.07, 6.45) is 0. The summed E-state index contributed by atoms with van der Waals surface area (Å²) in [5, 5.41) is 12.3. The number of phenolic OH excluding ortho intramolecular Hbond substituents is 1. The van der Waals surface area contributed by atoms with Gasteiger partial charge in [0.1, 0.15) is 10.6 Å². The Morgan fingerprint density at radius 3 is 2.13 bits per heavy atom. The number of phenols is 1. The lowest BCUT2D eigenvalue weighted by molar-refractivity contribution is 0.102. The molecule has 3 rings (SSSR count). The van der Waals surface area contributed by atoms with Crippen molar-refractivity contribution >= 4 is 65.8 Å². The van der Waals surface area contributed by atoms with Crippen LogP contribution in [0.3, 0.4) is 0 Å². The lowest BCUT2D eigenvalue weighted by Gasteiger charge is -2.14. The van der Waals surface area contributed by atoms with Gasteiger partial charge in [-0.3, -0.25) is 13.9 Å². The fourth-order valence-electron chi connectivity index (χ4n) is 2.75. The molecule has 0 saturated heterocycles. The number of halogens is 2. The van der Waals surface area contributed by atoms with Crippen molar-refractivity contribution in [3.05, 3.63) is 58.1 Å². The van der Waals surface area contributed by atoms with Crippen molar-refractivity contribution in [3.63, 3.8) is 0 Å². The van der Waals surface area contributed by atoms with Gasteiger partial charge in [0.15, 0.2) is 0 Å². The Labute approximate surface area is 180 Å². The molecule has 9 nitrogen and oxygen atoms in total. The Bertz CT molecular complexity index is 1420. The fourth-order valence-corrected chi connectivity index (χ4v) is 4.45. The summed E-state index contributed by atoms with van der Waals surface area (Å²) < 4.78 is 65.0. The van der Waals surface area contributed by atoms with Gasteiger partial charge < -0.3 is 10.4 Å². The lowest BCUT2D eigenvalue weighted by atomic mass is 10.1. The van der Waals surface area contributed by atoms with Crippen LogP contribution in [0, 0.1) is 0 Å². The minimum atomic E-state index is -4.85. The van der Waals surface area contributed by atoms with E-state index in [0.29, 0.717) is 6.07 Å². The first kappa shape index (κ1) is 22.3. The number of hydrogen-bond donors (Lipinski definition) is 4. The van der Waals surface area contributed by atoms with Crippen molar-refractivity contribution < 1.29 is 35.8 Å². The van der Waals surface area contributed by atoms with Gasteiger partial charge in [-0.1, -0.05) is 23.2 Å². The zero-order chi connectivity index (χ0) is 22.4. The van der Waals surface area contributed by atoms with E-state index in [-0.39, 0.29) is 26.7 Å². The molecule has 158 valence electrons. The second-order valence-electron chi connectivity index (χ2n) is 6.00. The number of anilines is 1. The highest BCUT2D eigenvalue weighted by atomic mass is 35.5. The van der Waals surface area contributed by atoms with Crippen LogP contribution in [0.5, 0.6) is 5.75 Å². The van der Waals surface area contributed by atoms with Crippen LogP contribution in [0.25, 0.3) is 10.8 Å². The second kappa shape index (κ2) is 7.69. The minimum Gasteiger partial charge on any atom is -0.507 e. The molecule has 0 bridgehead atoms. The number of aromatic hydroxyl groups is 1. The highest BCUT2D eigenvalue weighted by Gasteiger charge is 2.23. The molecule has 1 amide bonds. The van der Waals surface area contributed by atoms with E-state index in [4.69, 9.17) is 23.2 Å². The van der Waals surface area contributed by atoms with Gasteiger partial charge in [0.25, 0.3) is 26.1 Å². The van der Waals surface area contributed by atoms with Crippen LogP contribution in [-0.2, 0) is 20.2 Å². The Hall–Kier alpha value is -2.41. The number of benzene rings is 3. The number of rotatable bonds is 4. The van der Waals surface area contributed by atoms with Crippen LogP contribution in [0.2, 0.25) is 10.0 Å². The van der Waals surface area contributed by atoms with E-state index in [1.807, 2.05) is 0 Å². The Balaban J connectivity index is 2.25. The van der Waals surface area contributed by atoms with Crippen molar-refractivity contribution in [2.75, 3.05) is 5.32 Å². The first-order chi connectivity index (χ1) is 13.8. The molecule has 30 heavy (non-hydrogen) atoms. The molecule has 0 saturated carbocycles. The van der Waals surface area contributed by atoms with Crippen molar-refractivity contribution in [3.8, 4) is 5.75 Å². The smallest absolute Gasteiger partial charge is 0.295 e. The topological polar surface area (TPSA) is 158 Å². The zero-order valence-electron chi connectivity index (χ0n) is 14.5. The molecule has 0 aromatic heterocycles. The highest BCUT2D eigenvalue weighted by Crippen LogP contribution is 2.38. The molecular formula is C17H11Cl2NO8S2. The average molecular weight is 492 g/mol. The number of fused-ring (bicyclic) bond motifs is 1. The summed E-state index contributed by atoms with van der Waals surface area (Å²) in [7, 11) is -9.67. The predicted molar refractivity (Wildman–Crippen MR) is 110 cm³/mol. The number of carbonyl (C=O) groups excluding carboxylic acids is 1. The summed E-state index contributed by atoms with van der Waals surface area (Å²) in [5.74, 6) is -1.51. The van der Waals surface area contributed by atoms with Gasteiger partial charge >= 0.3 is 0 Å². The van der Waals surface area contributed by atoms with E-state index in [2.05, 4.69) is 5.32 Å². The Morgan fingerprint density at radius 2 is 1.57 bits per heavy atom. The Morgan fingerprint density at radius 1 is 0.900 bits per heavy atom. The van der Waals surface area contributed by atoms with Crippen molar-refractivity contribution in [1.29, 1.82) is 0 Å². The largest absolute Gasteiger partial charge is 0.507 e. The first-order valence-corrected chi connectivity index (χ1v) is 11.4. The molecule has 0 spiro atoms. The number of nitrogens with one attached hydrogen (secondary N) is 1. The average Bonchev–Trinajstić information content (AvgIpc) is 2.59. The molecule has 0 atom stereocenters. The summed E-state index contributed by atoms with van der Waals surface area (Å²) in [5.41, 5.74) is -0.102. The molecule has 3 aromatic carbocycles. The third kappa shape index (κ3) is 4.36. The molecule has 0 fully saturated rings. The maximum Gasteiger partial charge on any atom is 0.295 e. The third-order valence-electron chi connectivity index (χ3n) is 4.03. The lowest BCUT2D eigenvalue weighted by Crippen LogP contribution is -2.13. The van der Waals surface area contributed by atoms with Gasteiger partial charge in [-0.05, 0) is 36.4 Å². The van der Waals surface area contributed by atoms with Crippen LogP contribution in [-0.4, -0.2) is 37.0 Å². The van der Waals surface area contributed by atoms with Gasteiger partial charge in [0.2, 0.25) is 0 Å². The van der Waals surface area contributed by atoms with Gasteiger partial charge in [0, 0.05) is 21.9 Å². The maximum atomic E-state index is 12.6. The van der Waals surface area contributed by atoms with E-state index >= 15 is 0 Å². The van der Waals surface area contributed by atoms with Crippen molar-refractivity contribution in [2.45, 2.75) is 9.79 Å². The van der Waals surface area contributed by atoms with E-state index < -0.39 is 47.1 Å². The molecular weight excluding hydrogens is 481 g/mol. The summed E-state index contributed by atoms with van der Waals surface area (Å²) in [4.78, 5) is 11.0. The molecule has 0 radical (unpaired) electrons. The van der Waals surface area contributed by atoms with Crippen LogP contribution < -0.4 is 5.32 Å². The van der Waals surface area contributed by atoms with E-state index in [1.165, 1.54) is 18.2 Å². The predicted octanol–water partition coefficient (Wildman–Crippen LogP) is 3.60. The molecule has 4 N–H and O–H groups in total. The van der Waals surface area contributed by atoms with Gasteiger partial charge in [0.05, 0.1) is 21.2 Å². The fraction of sp³-hybridized carbons (Fsp3) is 0. The van der Waals surface area contributed by atoms with Crippen molar-refractivity contribution in [2.24, 2.45) is 0 Å². The van der Waals surface area contributed by atoms with Crippen LogP contribution in [0.15, 0.2) is 52.3 Å². The standard InChI is InChI=1S/C17H11Cl2NO8S2/c18-8-1-2-10(12(19)5-8)17(22)20-13-3-4-15(30(26,27)28)11-6-9(29(23,24)25)7-14(21)16(11)13/h1-7,21H,(H,20,22)(H,23,24,25)(H,26,27,28). The van der Waals surface area contributed by atoms with Gasteiger partial charge in [-0.15, -0.1) is 0 Å². The number of carbonyl (C=O) groups is 1. The van der Waals surface area contributed by atoms with Crippen LogP contribution >= 0.6 is 23.2 Å². The normalized spacial score (nSPS) is 12.1. The maximum absolute atomic E-state index is 12.6.